The number of hydrogen-bond donors (Lipinski definition) is 6. The number of carbonyl (C=O) groups is 1. The maximum Gasteiger partial charge on any atom is 0.323 e. The number of urea groups is 1. The Bertz CT molecular complexity index is 1760. The number of amides is 2. The van der Waals surface area contributed by atoms with Crippen molar-refractivity contribution in [2.24, 2.45) is 10.2 Å². The van der Waals surface area contributed by atoms with Gasteiger partial charge in [0.05, 0.1) is 65.3 Å². The zero-order chi connectivity index (χ0) is 31.5. The molecule has 4 aromatic rings. The number of nitrogens with zero attached hydrogens (tertiary/aromatic N) is 2. The molecule has 230 valence electrons. The van der Waals surface area contributed by atoms with Gasteiger partial charge in [0.15, 0.2) is 0 Å². The van der Waals surface area contributed by atoms with E-state index < -0.39 is 16.1 Å². The molecule has 0 heterocycles. The highest BCUT2D eigenvalue weighted by molar-refractivity contribution is 7.94. The lowest BCUT2D eigenvalue weighted by molar-refractivity contribution is -0.432. The van der Waals surface area contributed by atoms with Crippen LogP contribution in [0.5, 0.6) is 11.5 Å². The molecule has 17 heteroatoms. The minimum atomic E-state index is -4.38. The molecule has 0 aromatic heterocycles. The minimum Gasteiger partial charge on any atom is -0.494 e. The monoisotopic (exact) mass is 642 g/mol. The van der Waals surface area contributed by atoms with E-state index in [0.29, 0.717) is 44.8 Å². The predicted molar refractivity (Wildman–Crippen MR) is 163 cm³/mol. The topological polar surface area (TPSA) is 201 Å². The van der Waals surface area contributed by atoms with Gasteiger partial charge in [0.2, 0.25) is 0 Å². The van der Waals surface area contributed by atoms with E-state index >= 15 is 0 Å². The first-order valence-corrected chi connectivity index (χ1v) is 14.6. The largest absolute Gasteiger partial charge is 0.494 e. The summed E-state index contributed by atoms with van der Waals surface area (Å²) in [6.07, 6.45) is 0. The molecule has 0 aliphatic rings. The van der Waals surface area contributed by atoms with E-state index in [9.17, 15) is 17.8 Å². The molecule has 0 saturated heterocycles. The Morgan fingerprint density at radius 1 is 0.773 bits per heavy atom. The van der Waals surface area contributed by atoms with Crippen LogP contribution in [-0.4, -0.2) is 38.5 Å². The highest BCUT2D eigenvalue weighted by Crippen LogP contribution is 2.32. The van der Waals surface area contributed by atoms with Crippen molar-refractivity contribution < 1.29 is 41.9 Å². The van der Waals surface area contributed by atoms with Crippen LogP contribution < -0.4 is 31.0 Å². The number of ether oxygens (including phenoxy) is 2. The molecule has 4 aromatic carbocycles. The summed E-state index contributed by atoms with van der Waals surface area (Å²) >= 11 is 0.829. The first-order chi connectivity index (χ1) is 21.2. The summed E-state index contributed by atoms with van der Waals surface area (Å²) in [4.78, 5) is 13.2. The number of methoxy groups -OCH3 is 2. The Labute approximate surface area is 256 Å². The van der Waals surface area contributed by atoms with Gasteiger partial charge in [0, 0.05) is 17.0 Å². The molecule has 0 spiro atoms. The number of benzene rings is 4. The molecule has 0 atom stereocenters. The van der Waals surface area contributed by atoms with Gasteiger partial charge in [-0.25, -0.2) is 10.1 Å². The van der Waals surface area contributed by atoms with E-state index in [-0.39, 0.29) is 10.6 Å². The molecule has 4 rings (SSSR count). The smallest absolute Gasteiger partial charge is 0.323 e. The summed E-state index contributed by atoms with van der Waals surface area (Å²) in [6, 6.07) is 21.6. The number of anilines is 4. The number of carbonyl (C=O) groups excluding carboxylic acids is 1. The molecule has 15 nitrogen and oxygen atoms in total. The van der Waals surface area contributed by atoms with Crippen LogP contribution in [0.1, 0.15) is 0 Å². The highest BCUT2D eigenvalue weighted by Gasteiger charge is 2.13. The third-order valence-corrected chi connectivity index (χ3v) is 7.05. The summed E-state index contributed by atoms with van der Waals surface area (Å²) in [7, 11) is -1.49. The fourth-order valence-corrected chi connectivity index (χ4v) is 4.58. The number of rotatable bonds is 13. The molecule has 44 heavy (non-hydrogen) atoms. The van der Waals surface area contributed by atoms with Crippen molar-refractivity contribution in [2.45, 2.75) is 9.79 Å². The molecule has 0 aliphatic heterocycles. The lowest BCUT2D eigenvalue weighted by atomic mass is 10.2. The molecule has 0 unspecified atom stereocenters. The van der Waals surface area contributed by atoms with Crippen LogP contribution in [0.15, 0.2) is 105 Å². The average molecular weight is 643 g/mol. The number of azo groups is 1. The van der Waals surface area contributed by atoms with Gasteiger partial charge in [-0.3, -0.25) is 4.55 Å². The third kappa shape index (κ3) is 9.04. The van der Waals surface area contributed by atoms with Gasteiger partial charge in [-0.1, -0.05) is 17.2 Å². The molecular formula is C27H26N6O9S2. The summed E-state index contributed by atoms with van der Waals surface area (Å²) < 4.78 is 47.2. The van der Waals surface area contributed by atoms with Crippen molar-refractivity contribution in [3.63, 3.8) is 0 Å². The molecule has 6 N–H and O–H groups in total. The number of hydrogen-bond acceptors (Lipinski definition) is 13. The van der Waals surface area contributed by atoms with Gasteiger partial charge < -0.3 is 31.0 Å². The lowest BCUT2D eigenvalue weighted by Gasteiger charge is -2.15. The van der Waals surface area contributed by atoms with Crippen LogP contribution in [0.2, 0.25) is 0 Å². The zero-order valence-corrected chi connectivity index (χ0v) is 24.7. The number of hydrazine groups is 1. The van der Waals surface area contributed by atoms with Gasteiger partial charge in [0.1, 0.15) is 11.5 Å². The summed E-state index contributed by atoms with van der Waals surface area (Å²) in [6.45, 7) is 0. The van der Waals surface area contributed by atoms with E-state index in [0.717, 1.165) is 12.0 Å². The van der Waals surface area contributed by atoms with Crippen LogP contribution in [0.25, 0.3) is 0 Å². The second-order valence-corrected chi connectivity index (χ2v) is 10.8. The molecule has 0 fully saturated rings. The van der Waals surface area contributed by atoms with Crippen LogP contribution in [0, 0.1) is 0 Å². The van der Waals surface area contributed by atoms with Crippen molar-refractivity contribution in [1.82, 2.24) is 0 Å². The number of nitrogens with one attached hydrogen (secondary N) is 4. The molecule has 0 bridgehead atoms. The van der Waals surface area contributed by atoms with Crippen LogP contribution in [0.4, 0.5) is 38.9 Å². The first-order valence-electron chi connectivity index (χ1n) is 12.4. The normalized spacial score (nSPS) is 11.2. The quantitative estimate of drug-likeness (QED) is 0.0291. The Hall–Kier alpha value is -4.91. The van der Waals surface area contributed by atoms with Crippen LogP contribution >= 0.6 is 12.0 Å². The second-order valence-electron chi connectivity index (χ2n) is 8.55. The maximum absolute atomic E-state index is 12.8. The van der Waals surface area contributed by atoms with Gasteiger partial charge >= 0.3 is 6.03 Å². The molecule has 0 radical (unpaired) electrons. The first kappa shape index (κ1) is 32.0. The molecule has 0 saturated carbocycles. The van der Waals surface area contributed by atoms with Gasteiger partial charge in [0.25, 0.3) is 10.1 Å². The van der Waals surface area contributed by atoms with Gasteiger partial charge in [-0.15, -0.1) is 4.33 Å². The molecule has 2 amide bonds. The van der Waals surface area contributed by atoms with E-state index in [2.05, 4.69) is 41.1 Å². The Morgan fingerprint density at radius 2 is 1.39 bits per heavy atom. The van der Waals surface area contributed by atoms with Crippen LogP contribution in [-0.2, 0) is 19.5 Å². The fourth-order valence-electron chi connectivity index (χ4n) is 3.64. The third-order valence-electron chi connectivity index (χ3n) is 5.63. The summed E-state index contributed by atoms with van der Waals surface area (Å²) in [5.74, 6) is 0.671. The van der Waals surface area contributed by atoms with Crippen molar-refractivity contribution in [1.29, 1.82) is 0 Å². The molecular weight excluding hydrogens is 616 g/mol. The van der Waals surface area contributed by atoms with Crippen molar-refractivity contribution in [3.05, 3.63) is 84.9 Å². The molecule has 0 aliphatic carbocycles. The zero-order valence-electron chi connectivity index (χ0n) is 23.0. The van der Waals surface area contributed by atoms with Crippen molar-refractivity contribution >= 4 is 62.3 Å². The van der Waals surface area contributed by atoms with Crippen molar-refractivity contribution in [3.8, 4) is 11.5 Å². The van der Waals surface area contributed by atoms with E-state index in [1.165, 1.54) is 44.6 Å². The Kier molecular flexibility index (Phi) is 10.9. The highest BCUT2D eigenvalue weighted by atomic mass is 32.2. The summed E-state index contributed by atoms with van der Waals surface area (Å²) in [5.41, 5.74) is 8.70. The van der Waals surface area contributed by atoms with Crippen LogP contribution in [0.3, 0.4) is 0 Å². The fraction of sp³-hybridized carbons (Fsp3) is 0.0741. The van der Waals surface area contributed by atoms with E-state index in [4.69, 9.17) is 14.7 Å². The van der Waals surface area contributed by atoms with E-state index in [1.54, 1.807) is 48.5 Å². The predicted octanol–water partition coefficient (Wildman–Crippen LogP) is 6.88. The van der Waals surface area contributed by atoms with Gasteiger partial charge in [-0.05, 0) is 60.7 Å². The Balaban J connectivity index is 1.39. The standard InChI is InChI=1S/C27H26N6O9S2/c1-39-25-15-19(32-30-17-5-3-7-21(13-17)43-42-41-35)9-11-23(25)28-27(34)29-24-12-10-20(16-26(24)40-2)33-31-18-6-4-8-22(14-18)44(36,37)38/h3-16,30,32,35H,1-2H3,(H2,28,29,34)(H,36,37,38). The minimum absolute atomic E-state index is 0.208. The van der Waals surface area contributed by atoms with Gasteiger partial charge in [-0.2, -0.15) is 18.6 Å². The second kappa shape index (κ2) is 15.0. The van der Waals surface area contributed by atoms with E-state index in [1.807, 2.05) is 6.07 Å². The summed E-state index contributed by atoms with van der Waals surface area (Å²) in [5, 5.41) is 25.4. The average Bonchev–Trinajstić information content (AvgIpc) is 3.02. The Morgan fingerprint density at radius 3 is 2.05 bits per heavy atom. The lowest BCUT2D eigenvalue weighted by Crippen LogP contribution is -2.20. The maximum atomic E-state index is 12.8. The SMILES string of the molecule is COc1cc(N=Nc2cccc(S(=O)(=O)O)c2)ccc1NC(=O)Nc1ccc(NNc2cccc(SOOO)c2)cc1OC. The van der Waals surface area contributed by atoms with Crippen molar-refractivity contribution in [2.75, 3.05) is 35.7 Å².